The monoisotopic (exact) mass is 977 g/mol. The quantitative estimate of drug-likeness (QED) is 0.148. The van der Waals surface area contributed by atoms with Gasteiger partial charge < -0.3 is 19.1 Å². The normalized spacial score (nSPS) is 15.0. The van der Waals surface area contributed by atoms with E-state index >= 15 is 0 Å². The Morgan fingerprint density at radius 3 is 2.14 bits per heavy atom. The Labute approximate surface area is 439 Å². The minimum atomic E-state index is -0.0474. The molecule has 14 rings (SSSR count). The Kier molecular flexibility index (Phi) is 10.4. The number of para-hydroxylation sites is 1. The van der Waals surface area contributed by atoms with Crippen molar-refractivity contribution < 1.29 is 4.42 Å². The van der Waals surface area contributed by atoms with Gasteiger partial charge in [0.15, 0.2) is 0 Å². The summed E-state index contributed by atoms with van der Waals surface area (Å²) < 4.78 is 9.04. The summed E-state index contributed by atoms with van der Waals surface area (Å²) in [6.07, 6.45) is 6.32. The molecule has 0 unspecified atom stereocenters. The van der Waals surface area contributed by atoms with E-state index in [1.165, 1.54) is 136 Å². The van der Waals surface area contributed by atoms with Crippen LogP contribution in [0.1, 0.15) is 83.4 Å². The lowest BCUT2D eigenvalue weighted by atomic mass is 9.33. The number of aryl methyl sites for hydroxylation is 1. The van der Waals surface area contributed by atoms with E-state index < -0.39 is 0 Å². The van der Waals surface area contributed by atoms with Crippen LogP contribution in [0, 0.1) is 6.92 Å². The summed E-state index contributed by atoms with van der Waals surface area (Å²) in [6.45, 7) is 15.0. The van der Waals surface area contributed by atoms with Crippen LogP contribution in [-0.4, -0.2) is 13.3 Å². The maximum Gasteiger partial charge on any atom is 0.252 e. The Morgan fingerprint density at radius 2 is 1.32 bits per heavy atom. The maximum absolute atomic E-state index is 6.43. The summed E-state index contributed by atoms with van der Waals surface area (Å²) >= 11 is 1.91. The number of nitrogens with zero attached hydrogens (tertiary/aromatic N) is 3. The van der Waals surface area contributed by atoms with Crippen molar-refractivity contribution in [2.24, 2.45) is 0 Å². The number of fused-ring (bicyclic) bond motifs is 10. The molecule has 0 amide bonds. The lowest BCUT2D eigenvalue weighted by Crippen LogP contribution is -2.61. The van der Waals surface area contributed by atoms with E-state index in [0.717, 1.165) is 34.2 Å². The van der Waals surface area contributed by atoms with E-state index in [1.54, 1.807) is 0 Å². The van der Waals surface area contributed by atoms with E-state index in [2.05, 4.69) is 238 Å². The predicted molar refractivity (Wildman–Crippen MR) is 319 cm³/mol. The summed E-state index contributed by atoms with van der Waals surface area (Å²) in [5.41, 5.74) is 22.2. The number of anilines is 8. The van der Waals surface area contributed by atoms with Gasteiger partial charge in [0.05, 0.1) is 10.4 Å². The van der Waals surface area contributed by atoms with Crippen molar-refractivity contribution in [1.29, 1.82) is 0 Å². The molecule has 4 heterocycles. The second-order valence-electron chi connectivity index (χ2n) is 22.6. The molecule has 362 valence electrons. The van der Waals surface area contributed by atoms with Gasteiger partial charge in [0, 0.05) is 72.6 Å². The molecular formula is C68H60BN3OS. The van der Waals surface area contributed by atoms with Crippen LogP contribution in [0.2, 0.25) is 0 Å². The van der Waals surface area contributed by atoms with Gasteiger partial charge in [0.25, 0.3) is 6.71 Å². The summed E-state index contributed by atoms with van der Waals surface area (Å²) in [5, 5.41) is 4.85. The van der Waals surface area contributed by atoms with E-state index in [4.69, 9.17) is 4.42 Å². The minimum absolute atomic E-state index is 0.0474. The maximum atomic E-state index is 6.43. The number of hydrogen-bond donors (Lipinski definition) is 0. The molecule has 2 aliphatic heterocycles. The third-order valence-corrected chi connectivity index (χ3v) is 18.1. The highest BCUT2D eigenvalue weighted by molar-refractivity contribution is 7.26. The number of thiophene rings is 1. The zero-order valence-electron chi connectivity index (χ0n) is 43.3. The Bertz CT molecular complexity index is 4040. The smallest absolute Gasteiger partial charge is 0.252 e. The third kappa shape index (κ3) is 7.01. The molecule has 74 heavy (non-hydrogen) atoms. The third-order valence-electron chi connectivity index (χ3n) is 16.9. The molecule has 0 atom stereocenters. The topological polar surface area (TPSA) is 22.9 Å². The van der Waals surface area contributed by atoms with Crippen molar-refractivity contribution in [2.45, 2.75) is 84.5 Å². The number of rotatable bonds is 7. The van der Waals surface area contributed by atoms with Gasteiger partial charge in [0.2, 0.25) is 0 Å². The van der Waals surface area contributed by atoms with Crippen LogP contribution in [0.15, 0.2) is 186 Å². The minimum Gasteiger partial charge on any atom is -0.456 e. The van der Waals surface area contributed by atoms with Crippen LogP contribution in [0.25, 0.3) is 53.2 Å². The van der Waals surface area contributed by atoms with Gasteiger partial charge in [-0.2, -0.15) is 0 Å². The Hall–Kier alpha value is -7.54. The Balaban J connectivity index is 1.05. The van der Waals surface area contributed by atoms with Crippen molar-refractivity contribution in [3.05, 3.63) is 199 Å². The van der Waals surface area contributed by atoms with Crippen LogP contribution in [0.5, 0.6) is 0 Å². The van der Waals surface area contributed by atoms with E-state index in [-0.39, 0.29) is 17.5 Å². The first-order chi connectivity index (χ1) is 36.0. The second-order valence-corrected chi connectivity index (χ2v) is 23.6. The zero-order chi connectivity index (χ0) is 50.0. The van der Waals surface area contributed by atoms with Crippen LogP contribution in [-0.2, 0) is 10.8 Å². The summed E-state index contributed by atoms with van der Waals surface area (Å²) in [6, 6.07) is 69.0. The molecule has 11 aromatic rings. The van der Waals surface area contributed by atoms with Gasteiger partial charge in [0.1, 0.15) is 11.2 Å². The fraction of sp³-hybridized carbons (Fsp3) is 0.206. The van der Waals surface area contributed by atoms with Crippen LogP contribution in [0.4, 0.5) is 45.5 Å². The number of hydrogen-bond acceptors (Lipinski definition) is 5. The van der Waals surface area contributed by atoms with Gasteiger partial charge in [-0.3, -0.25) is 0 Å². The van der Waals surface area contributed by atoms with E-state index in [0.29, 0.717) is 0 Å². The first kappa shape index (κ1) is 45.1. The largest absolute Gasteiger partial charge is 0.456 e. The molecule has 0 N–H and O–H groups in total. The summed E-state index contributed by atoms with van der Waals surface area (Å²) in [4.78, 5) is 7.81. The van der Waals surface area contributed by atoms with Gasteiger partial charge in [-0.05, 0) is 155 Å². The fourth-order valence-electron chi connectivity index (χ4n) is 13.2. The molecule has 3 aliphatic rings. The highest BCUT2D eigenvalue weighted by Gasteiger charge is 2.45. The average molecular weight is 978 g/mol. The molecule has 1 saturated carbocycles. The molecule has 4 nitrogen and oxygen atoms in total. The first-order valence-electron chi connectivity index (χ1n) is 26.9. The van der Waals surface area contributed by atoms with Crippen molar-refractivity contribution in [1.82, 2.24) is 0 Å². The molecule has 0 radical (unpaired) electrons. The standard InChI is InChI=1S/C68H60BN3OS/c1-7-70(56-33-28-46(67(3,4)5)40-53(56)68(6)35-16-9-17-36-68)47-29-31-54-59(42-47)72(58-24-18-23-51-50-22-13-15-26-64(50)74-66(51)58)61-38-43(2)37-60-65(61)69(54)55-39-45(44-19-10-8-11-20-44)27-32-57(55)71(60)48-30-34-63-52(41-48)49-21-12-14-25-62(49)73-63/h8,10-15,18-34,37-42H,7,9,16-17,35-36H2,1-6H3. The van der Waals surface area contributed by atoms with Crippen LogP contribution in [0.3, 0.4) is 0 Å². The average Bonchev–Trinajstić information content (AvgIpc) is 4.02. The van der Waals surface area contributed by atoms with E-state index in [9.17, 15) is 0 Å². The molecule has 1 aliphatic carbocycles. The van der Waals surface area contributed by atoms with Gasteiger partial charge >= 0.3 is 0 Å². The molecule has 1 fully saturated rings. The second kappa shape index (κ2) is 17.0. The summed E-state index contributed by atoms with van der Waals surface area (Å²) in [5.74, 6) is 0. The first-order valence-corrected chi connectivity index (χ1v) is 27.7. The van der Waals surface area contributed by atoms with Crippen molar-refractivity contribution >= 4 is 122 Å². The highest BCUT2D eigenvalue weighted by atomic mass is 32.1. The van der Waals surface area contributed by atoms with E-state index in [1.807, 2.05) is 11.3 Å². The summed E-state index contributed by atoms with van der Waals surface area (Å²) in [7, 11) is 0. The molecule has 9 aromatic carbocycles. The predicted octanol–water partition coefficient (Wildman–Crippen LogP) is 17.7. The molecule has 2 aromatic heterocycles. The zero-order valence-corrected chi connectivity index (χ0v) is 44.1. The van der Waals surface area contributed by atoms with Gasteiger partial charge in [-0.1, -0.05) is 156 Å². The molecule has 0 saturated heterocycles. The SMILES string of the molecule is CCN(c1ccc2c(c1)N(c1cccc3c1sc1ccccc13)c1cc(C)cc3c1B2c1cc(-c2ccccc2)ccc1N3c1ccc2oc3ccccc3c2c1)c1ccc(C(C)(C)C)cc1C1(C)CCCCC1. The molecular weight excluding hydrogens is 918 g/mol. The lowest BCUT2D eigenvalue weighted by molar-refractivity contribution is 0.319. The van der Waals surface area contributed by atoms with Gasteiger partial charge in [-0.15, -0.1) is 11.3 Å². The van der Waals surface area contributed by atoms with Crippen LogP contribution < -0.4 is 31.1 Å². The Morgan fingerprint density at radius 1 is 0.581 bits per heavy atom. The molecule has 6 heteroatoms. The molecule has 0 bridgehead atoms. The van der Waals surface area contributed by atoms with Crippen molar-refractivity contribution in [3.63, 3.8) is 0 Å². The fourth-order valence-corrected chi connectivity index (χ4v) is 14.4. The highest BCUT2D eigenvalue weighted by Crippen LogP contribution is 2.51. The lowest BCUT2D eigenvalue weighted by Gasteiger charge is -2.45. The van der Waals surface area contributed by atoms with Crippen LogP contribution >= 0.6 is 11.3 Å². The molecule has 0 spiro atoms. The number of benzene rings is 9. The van der Waals surface area contributed by atoms with Crippen molar-refractivity contribution in [2.75, 3.05) is 21.2 Å². The van der Waals surface area contributed by atoms with Gasteiger partial charge in [-0.25, -0.2) is 0 Å². The van der Waals surface area contributed by atoms with Crippen molar-refractivity contribution in [3.8, 4) is 11.1 Å². The number of furan rings is 1.